The fraction of sp³-hybridized carbons (Fsp3) is 0.368. The van der Waals surface area contributed by atoms with Crippen molar-refractivity contribution in [1.29, 1.82) is 5.26 Å². The number of benzene rings is 1. The Bertz CT molecular complexity index is 885. The molecule has 2 unspecified atom stereocenters. The maximum Gasteiger partial charge on any atom is 0.237 e. The van der Waals surface area contributed by atoms with Gasteiger partial charge in [0.2, 0.25) is 11.8 Å². The Kier molecular flexibility index (Phi) is 5.23. The molecule has 1 aromatic heterocycles. The van der Waals surface area contributed by atoms with E-state index in [1.807, 2.05) is 18.2 Å². The second-order valence-corrected chi connectivity index (χ2v) is 6.85. The van der Waals surface area contributed by atoms with Gasteiger partial charge in [0.05, 0.1) is 24.7 Å². The van der Waals surface area contributed by atoms with Crippen LogP contribution in [0.25, 0.3) is 11.1 Å². The first-order valence-corrected chi connectivity index (χ1v) is 8.59. The highest BCUT2D eigenvalue weighted by Crippen LogP contribution is 2.36. The molecule has 2 aromatic rings. The Hall–Kier alpha value is -3.18. The molecule has 1 aliphatic rings. The van der Waals surface area contributed by atoms with Gasteiger partial charge in [0.15, 0.2) is 0 Å². The molecular formula is C19H21N5O3. The second kappa shape index (κ2) is 7.60. The number of nitriles is 1. The number of aromatic nitrogens is 1. The number of nitrogens with zero attached hydrogens (tertiary/aromatic N) is 4. The molecule has 2 heterocycles. The van der Waals surface area contributed by atoms with Gasteiger partial charge in [-0.3, -0.25) is 9.59 Å². The molecule has 0 aliphatic carbocycles. The summed E-state index contributed by atoms with van der Waals surface area (Å²) < 4.78 is 4.89. The van der Waals surface area contributed by atoms with Crippen molar-refractivity contribution in [2.45, 2.75) is 18.9 Å². The van der Waals surface area contributed by atoms with Crippen LogP contribution in [0, 0.1) is 11.3 Å². The van der Waals surface area contributed by atoms with Crippen LogP contribution in [0.15, 0.2) is 35.2 Å². The van der Waals surface area contributed by atoms with Gasteiger partial charge in [-0.25, -0.2) is 0 Å². The minimum absolute atomic E-state index is 0.146. The van der Waals surface area contributed by atoms with E-state index < -0.39 is 12.0 Å². The third-order valence-corrected chi connectivity index (χ3v) is 4.57. The summed E-state index contributed by atoms with van der Waals surface area (Å²) in [5.41, 5.74) is 3.19. The highest BCUT2D eigenvalue weighted by Gasteiger charge is 2.35. The van der Waals surface area contributed by atoms with E-state index in [0.717, 1.165) is 22.4 Å². The van der Waals surface area contributed by atoms with Crippen LogP contribution in [0.5, 0.6) is 0 Å². The highest BCUT2D eigenvalue weighted by atomic mass is 16.5. The topological polar surface area (TPSA) is 102 Å². The minimum Gasteiger partial charge on any atom is -0.364 e. The van der Waals surface area contributed by atoms with E-state index >= 15 is 0 Å². The summed E-state index contributed by atoms with van der Waals surface area (Å²) >= 11 is 0. The average molecular weight is 367 g/mol. The summed E-state index contributed by atoms with van der Waals surface area (Å²) in [5, 5.41) is 15.9. The third kappa shape index (κ3) is 3.83. The maximum atomic E-state index is 12.6. The summed E-state index contributed by atoms with van der Waals surface area (Å²) in [5.74, 6) is -0.910. The molecule has 27 heavy (non-hydrogen) atoms. The molecule has 1 aliphatic heterocycles. The van der Waals surface area contributed by atoms with Crippen molar-refractivity contribution in [1.82, 2.24) is 15.0 Å². The van der Waals surface area contributed by atoms with Crippen LogP contribution in [0.1, 0.15) is 18.4 Å². The van der Waals surface area contributed by atoms with Crippen LogP contribution in [0.3, 0.4) is 0 Å². The number of rotatable bonds is 6. The molecule has 8 heteroatoms. The molecule has 0 saturated heterocycles. The van der Waals surface area contributed by atoms with Crippen molar-refractivity contribution < 1.29 is 14.1 Å². The SMILES string of the molecule is CC(C#N)N(CC1C(=O)Nc2ccc(-c3cnoc3)cc21)C(=O)CN(C)C. The molecule has 0 spiro atoms. The lowest BCUT2D eigenvalue weighted by Crippen LogP contribution is -2.45. The number of carbonyl (C=O) groups is 2. The first-order chi connectivity index (χ1) is 12.9. The van der Waals surface area contributed by atoms with Crippen LogP contribution in [0.2, 0.25) is 0 Å². The van der Waals surface area contributed by atoms with Crippen LogP contribution < -0.4 is 5.32 Å². The van der Waals surface area contributed by atoms with Gasteiger partial charge >= 0.3 is 0 Å². The van der Waals surface area contributed by atoms with Crippen molar-refractivity contribution in [2.24, 2.45) is 0 Å². The van der Waals surface area contributed by atoms with Crippen molar-refractivity contribution in [3.05, 3.63) is 36.2 Å². The number of hydrogen-bond acceptors (Lipinski definition) is 6. The average Bonchev–Trinajstić information content (AvgIpc) is 3.25. The van der Waals surface area contributed by atoms with Gasteiger partial charge < -0.3 is 19.6 Å². The first kappa shape index (κ1) is 18.6. The van der Waals surface area contributed by atoms with E-state index in [2.05, 4.69) is 16.5 Å². The summed E-state index contributed by atoms with van der Waals surface area (Å²) in [6.45, 7) is 1.98. The zero-order valence-corrected chi connectivity index (χ0v) is 15.5. The summed E-state index contributed by atoms with van der Waals surface area (Å²) in [6, 6.07) is 7.07. The van der Waals surface area contributed by atoms with E-state index in [-0.39, 0.29) is 24.9 Å². The van der Waals surface area contributed by atoms with Crippen molar-refractivity contribution in [3.63, 3.8) is 0 Å². The molecule has 0 radical (unpaired) electrons. The van der Waals surface area contributed by atoms with Crippen molar-refractivity contribution in [3.8, 4) is 17.2 Å². The minimum atomic E-state index is -0.629. The predicted molar refractivity (Wildman–Crippen MR) is 98.7 cm³/mol. The fourth-order valence-electron chi connectivity index (χ4n) is 3.14. The van der Waals surface area contributed by atoms with Crippen LogP contribution in [-0.2, 0) is 9.59 Å². The highest BCUT2D eigenvalue weighted by molar-refractivity contribution is 6.03. The third-order valence-electron chi connectivity index (χ3n) is 4.57. The van der Waals surface area contributed by atoms with Gasteiger partial charge in [0.25, 0.3) is 0 Å². The second-order valence-electron chi connectivity index (χ2n) is 6.85. The molecule has 140 valence electrons. The van der Waals surface area contributed by atoms with Crippen LogP contribution in [-0.4, -0.2) is 60.0 Å². The lowest BCUT2D eigenvalue weighted by molar-refractivity contribution is -0.133. The summed E-state index contributed by atoms with van der Waals surface area (Å²) in [4.78, 5) is 28.3. The standard InChI is InChI=1S/C19H21N5O3/c1-12(7-20)24(18(25)10-23(2)3)9-16-15-6-13(14-8-21-27-11-14)4-5-17(15)22-19(16)26/h4-6,8,11-12,16H,9-10H2,1-3H3,(H,22,26). The van der Waals surface area contributed by atoms with E-state index in [1.165, 1.54) is 11.2 Å². The Balaban J connectivity index is 1.90. The Morgan fingerprint density at radius 3 is 2.81 bits per heavy atom. The molecule has 3 rings (SSSR count). The van der Waals surface area contributed by atoms with Crippen LogP contribution >= 0.6 is 0 Å². The Labute approximate surface area is 157 Å². The number of carbonyl (C=O) groups excluding carboxylic acids is 2. The maximum absolute atomic E-state index is 12.6. The van der Waals surface area contributed by atoms with Crippen molar-refractivity contribution in [2.75, 3.05) is 32.5 Å². The lowest BCUT2D eigenvalue weighted by Gasteiger charge is -2.28. The Morgan fingerprint density at radius 1 is 1.41 bits per heavy atom. The Morgan fingerprint density at radius 2 is 2.19 bits per heavy atom. The molecule has 2 amide bonds. The molecule has 2 atom stereocenters. The quantitative estimate of drug-likeness (QED) is 0.833. The van der Waals surface area contributed by atoms with E-state index in [0.29, 0.717) is 0 Å². The zero-order chi connectivity index (χ0) is 19.6. The van der Waals surface area contributed by atoms with Gasteiger partial charge in [-0.2, -0.15) is 5.26 Å². The fourth-order valence-corrected chi connectivity index (χ4v) is 3.14. The number of nitrogens with one attached hydrogen (secondary N) is 1. The smallest absolute Gasteiger partial charge is 0.237 e. The molecular weight excluding hydrogens is 346 g/mol. The van der Waals surface area contributed by atoms with Gasteiger partial charge in [-0.15, -0.1) is 0 Å². The van der Waals surface area contributed by atoms with E-state index in [4.69, 9.17) is 4.52 Å². The van der Waals surface area contributed by atoms with Gasteiger partial charge in [0.1, 0.15) is 12.3 Å². The largest absolute Gasteiger partial charge is 0.364 e. The number of amides is 2. The number of hydrogen-bond donors (Lipinski definition) is 1. The molecule has 0 saturated carbocycles. The zero-order valence-electron chi connectivity index (χ0n) is 15.5. The van der Waals surface area contributed by atoms with Gasteiger partial charge in [0, 0.05) is 17.8 Å². The van der Waals surface area contributed by atoms with E-state index in [1.54, 1.807) is 32.1 Å². The van der Waals surface area contributed by atoms with Crippen molar-refractivity contribution >= 4 is 17.5 Å². The molecule has 1 aromatic carbocycles. The van der Waals surface area contributed by atoms with Gasteiger partial charge in [-0.1, -0.05) is 11.2 Å². The van der Waals surface area contributed by atoms with Crippen LogP contribution in [0.4, 0.5) is 5.69 Å². The van der Waals surface area contributed by atoms with Gasteiger partial charge in [-0.05, 0) is 44.3 Å². The molecule has 8 nitrogen and oxygen atoms in total. The predicted octanol–water partition coefficient (Wildman–Crippen LogP) is 1.68. The molecule has 0 bridgehead atoms. The molecule has 0 fully saturated rings. The number of anilines is 1. The first-order valence-electron chi connectivity index (χ1n) is 8.59. The normalized spacial score (nSPS) is 16.6. The monoisotopic (exact) mass is 367 g/mol. The number of fused-ring (bicyclic) bond motifs is 1. The number of likely N-dealkylation sites (N-methyl/N-ethyl adjacent to an activating group) is 1. The molecule has 1 N–H and O–H groups in total. The lowest BCUT2D eigenvalue weighted by atomic mass is 9.96. The summed E-state index contributed by atoms with van der Waals surface area (Å²) in [7, 11) is 3.58. The summed E-state index contributed by atoms with van der Waals surface area (Å²) in [6.07, 6.45) is 3.14. The van der Waals surface area contributed by atoms with E-state index in [9.17, 15) is 14.9 Å².